The quantitative estimate of drug-likeness (QED) is 0.308. The van der Waals surface area contributed by atoms with Gasteiger partial charge in [-0.25, -0.2) is 0 Å². The molecule has 0 aliphatic heterocycles. The first-order chi connectivity index (χ1) is 17.9. The molecule has 1 aromatic heterocycles. The van der Waals surface area contributed by atoms with Crippen molar-refractivity contribution in [1.82, 2.24) is 15.6 Å². The van der Waals surface area contributed by atoms with E-state index in [1.807, 2.05) is 37.3 Å². The van der Waals surface area contributed by atoms with Gasteiger partial charge >= 0.3 is 0 Å². The molecule has 3 aromatic rings. The molecule has 196 valence electrons. The zero-order valence-electron chi connectivity index (χ0n) is 22.0. The fraction of sp³-hybridized carbons (Fsp3) is 0.433. The van der Waals surface area contributed by atoms with E-state index < -0.39 is 6.04 Å². The second-order valence-electron chi connectivity index (χ2n) is 10.0. The van der Waals surface area contributed by atoms with Crippen molar-refractivity contribution < 1.29 is 19.1 Å². The van der Waals surface area contributed by atoms with Crippen LogP contribution in [0.1, 0.15) is 73.9 Å². The van der Waals surface area contributed by atoms with E-state index in [4.69, 9.17) is 4.74 Å². The number of aryl methyl sites for hydroxylation is 2. The number of aromatic amines is 1. The second-order valence-corrected chi connectivity index (χ2v) is 10.0. The summed E-state index contributed by atoms with van der Waals surface area (Å²) in [4.78, 5) is 41.2. The van der Waals surface area contributed by atoms with Crippen LogP contribution in [-0.4, -0.2) is 35.7 Å². The number of Topliss-reactive ketones (excluding diaryl/α,β-unsaturated/α-hetero) is 1. The number of H-pyrrole nitrogens is 1. The maximum absolute atomic E-state index is 13.4. The Hall–Kier alpha value is -3.61. The van der Waals surface area contributed by atoms with Crippen molar-refractivity contribution >= 4 is 28.5 Å². The first-order valence-electron chi connectivity index (χ1n) is 13.2. The third-order valence-electron chi connectivity index (χ3n) is 7.29. The van der Waals surface area contributed by atoms with Gasteiger partial charge in [-0.05, 0) is 74.4 Å². The minimum Gasteiger partial charge on any atom is -0.497 e. The maximum Gasteiger partial charge on any atom is 0.243 e. The lowest BCUT2D eigenvalue weighted by Gasteiger charge is -2.22. The van der Waals surface area contributed by atoms with E-state index in [-0.39, 0.29) is 30.1 Å². The van der Waals surface area contributed by atoms with Crippen LogP contribution >= 0.6 is 0 Å². The van der Waals surface area contributed by atoms with Crippen molar-refractivity contribution in [2.24, 2.45) is 0 Å². The van der Waals surface area contributed by atoms with Gasteiger partial charge in [-0.1, -0.05) is 37.1 Å². The summed E-state index contributed by atoms with van der Waals surface area (Å²) in [5, 5.41) is 7.14. The Kier molecular flexibility index (Phi) is 8.64. The number of hydrogen-bond donors (Lipinski definition) is 3. The molecule has 7 nitrogen and oxygen atoms in total. The number of fused-ring (bicyclic) bond motifs is 2. The highest BCUT2D eigenvalue weighted by Crippen LogP contribution is 2.31. The highest BCUT2D eigenvalue weighted by molar-refractivity contribution is 5.93. The number of aromatic nitrogens is 1. The van der Waals surface area contributed by atoms with Gasteiger partial charge in [0.15, 0.2) is 0 Å². The molecule has 7 heteroatoms. The zero-order chi connectivity index (χ0) is 26.4. The fourth-order valence-electron chi connectivity index (χ4n) is 5.27. The van der Waals surface area contributed by atoms with Crippen molar-refractivity contribution in [3.05, 3.63) is 64.8 Å². The van der Waals surface area contributed by atoms with Crippen molar-refractivity contribution in [3.63, 3.8) is 0 Å². The van der Waals surface area contributed by atoms with E-state index >= 15 is 0 Å². The van der Waals surface area contributed by atoms with Gasteiger partial charge < -0.3 is 25.1 Å². The van der Waals surface area contributed by atoms with E-state index in [9.17, 15) is 14.4 Å². The zero-order valence-corrected chi connectivity index (χ0v) is 22.0. The Morgan fingerprint density at radius 2 is 1.92 bits per heavy atom. The van der Waals surface area contributed by atoms with Crippen molar-refractivity contribution in [2.75, 3.05) is 7.11 Å². The Labute approximate surface area is 218 Å². The number of benzene rings is 2. The van der Waals surface area contributed by atoms with E-state index in [0.717, 1.165) is 65.6 Å². The van der Waals surface area contributed by atoms with E-state index in [0.29, 0.717) is 12.8 Å². The smallest absolute Gasteiger partial charge is 0.243 e. The summed E-state index contributed by atoms with van der Waals surface area (Å²) in [6.45, 7) is 3.55. The molecule has 3 N–H and O–H groups in total. The summed E-state index contributed by atoms with van der Waals surface area (Å²) in [5.74, 6) is 0.558. The summed E-state index contributed by atoms with van der Waals surface area (Å²) in [6, 6.07) is 13.3. The third kappa shape index (κ3) is 6.59. The predicted molar refractivity (Wildman–Crippen MR) is 145 cm³/mol. The molecule has 0 radical (unpaired) electrons. The van der Waals surface area contributed by atoms with Crippen LogP contribution in [0.3, 0.4) is 0 Å². The minimum atomic E-state index is -0.627. The molecule has 0 saturated heterocycles. The van der Waals surface area contributed by atoms with Crippen LogP contribution in [0.5, 0.6) is 5.75 Å². The van der Waals surface area contributed by atoms with Crippen LogP contribution in [0.2, 0.25) is 0 Å². The van der Waals surface area contributed by atoms with Crippen LogP contribution in [0.15, 0.2) is 42.5 Å². The topological polar surface area (TPSA) is 100 Å². The van der Waals surface area contributed by atoms with E-state index in [1.54, 1.807) is 14.0 Å². The summed E-state index contributed by atoms with van der Waals surface area (Å²) in [5.41, 5.74) is 5.19. The second kappa shape index (κ2) is 12.1. The van der Waals surface area contributed by atoms with Gasteiger partial charge in [0.25, 0.3) is 0 Å². The standard InChI is InChI=1S/C30H37N3O4/c1-19(34)9-5-4-6-12-28(30(36)33-26-15-13-21-10-7-8-11-23(21)26)32-29(35)18-24-20(2)31-27-16-14-22(37-3)17-25(24)27/h7-8,10-11,14,16-17,26,28,31H,4-6,9,12-13,15,18H2,1-3H3,(H,32,35)(H,33,36)/t26?,28-/m0/s1. The lowest BCUT2D eigenvalue weighted by Crippen LogP contribution is -2.47. The monoisotopic (exact) mass is 503 g/mol. The van der Waals surface area contributed by atoms with Gasteiger partial charge in [-0.2, -0.15) is 0 Å². The van der Waals surface area contributed by atoms with Crippen LogP contribution in [0.25, 0.3) is 10.9 Å². The van der Waals surface area contributed by atoms with Crippen molar-refractivity contribution in [2.45, 2.75) is 77.3 Å². The molecule has 1 aliphatic carbocycles. The molecule has 1 aliphatic rings. The number of rotatable bonds is 12. The summed E-state index contributed by atoms with van der Waals surface area (Å²) < 4.78 is 5.37. The minimum absolute atomic E-state index is 0.0378. The molecule has 0 spiro atoms. The number of carbonyl (C=O) groups excluding carboxylic acids is 3. The third-order valence-corrected chi connectivity index (χ3v) is 7.29. The molecule has 2 amide bonds. The number of amides is 2. The van der Waals surface area contributed by atoms with Crippen molar-refractivity contribution in [3.8, 4) is 5.75 Å². The first-order valence-corrected chi connectivity index (χ1v) is 13.2. The molecule has 0 fully saturated rings. The van der Waals surface area contributed by atoms with E-state index in [2.05, 4.69) is 27.8 Å². The van der Waals surface area contributed by atoms with Gasteiger partial charge in [0.05, 0.1) is 19.6 Å². The van der Waals surface area contributed by atoms with Gasteiger partial charge in [0.1, 0.15) is 17.6 Å². The highest BCUT2D eigenvalue weighted by Gasteiger charge is 2.28. The molecule has 2 atom stereocenters. The number of ketones is 1. The van der Waals surface area contributed by atoms with Crippen molar-refractivity contribution in [1.29, 1.82) is 0 Å². The van der Waals surface area contributed by atoms with Gasteiger partial charge in [0, 0.05) is 23.0 Å². The molecule has 2 aromatic carbocycles. The first kappa shape index (κ1) is 26.5. The Morgan fingerprint density at radius 3 is 2.70 bits per heavy atom. The Morgan fingerprint density at radius 1 is 1.11 bits per heavy atom. The van der Waals surface area contributed by atoms with Crippen LogP contribution in [0.4, 0.5) is 0 Å². The Balaban J connectivity index is 1.44. The molecule has 0 bridgehead atoms. The molecule has 4 rings (SSSR count). The number of carbonyl (C=O) groups is 3. The average Bonchev–Trinajstić information content (AvgIpc) is 3.42. The molecular weight excluding hydrogens is 466 g/mol. The summed E-state index contributed by atoms with van der Waals surface area (Å²) in [6.07, 6.45) is 5.44. The number of methoxy groups -OCH3 is 1. The van der Waals surface area contributed by atoms with Crippen LogP contribution < -0.4 is 15.4 Å². The van der Waals surface area contributed by atoms with Gasteiger partial charge in [0.2, 0.25) is 11.8 Å². The SMILES string of the molecule is COc1ccc2[nH]c(C)c(CC(=O)N[C@@H](CCCCCC(C)=O)C(=O)NC3CCc4ccccc43)c2c1. The van der Waals surface area contributed by atoms with Crippen LogP contribution in [-0.2, 0) is 27.2 Å². The molecule has 37 heavy (non-hydrogen) atoms. The number of hydrogen-bond acceptors (Lipinski definition) is 4. The number of nitrogens with one attached hydrogen (secondary N) is 3. The molecule has 0 saturated carbocycles. The summed E-state index contributed by atoms with van der Waals surface area (Å²) in [7, 11) is 1.62. The predicted octanol–water partition coefficient (Wildman–Crippen LogP) is 4.86. The normalized spacial score (nSPS) is 15.3. The maximum atomic E-state index is 13.4. The molecule has 1 heterocycles. The van der Waals surface area contributed by atoms with E-state index in [1.165, 1.54) is 5.56 Å². The average molecular weight is 504 g/mol. The number of unbranched alkanes of at least 4 members (excludes halogenated alkanes) is 2. The highest BCUT2D eigenvalue weighted by atomic mass is 16.5. The largest absolute Gasteiger partial charge is 0.497 e. The van der Waals surface area contributed by atoms with Gasteiger partial charge in [-0.15, -0.1) is 0 Å². The fourth-order valence-corrected chi connectivity index (χ4v) is 5.27. The lowest BCUT2D eigenvalue weighted by atomic mass is 10.0. The Bertz CT molecular complexity index is 1280. The van der Waals surface area contributed by atoms with Gasteiger partial charge in [-0.3, -0.25) is 9.59 Å². The van der Waals surface area contributed by atoms with Crippen LogP contribution in [0, 0.1) is 6.92 Å². The molecular formula is C30H37N3O4. The lowest BCUT2D eigenvalue weighted by molar-refractivity contribution is -0.129. The summed E-state index contributed by atoms with van der Waals surface area (Å²) >= 11 is 0. The molecule has 1 unspecified atom stereocenters. The number of ether oxygens (including phenoxy) is 1.